The number of aromatic nitrogens is 1. The van der Waals surface area contributed by atoms with Gasteiger partial charge in [-0.25, -0.2) is 4.79 Å². The summed E-state index contributed by atoms with van der Waals surface area (Å²) in [6.45, 7) is 3.27. The van der Waals surface area contributed by atoms with Crippen molar-refractivity contribution in [3.8, 4) is 0 Å². The average Bonchev–Trinajstić information content (AvgIpc) is 2.88. The number of carbonyl (C=O) groups excluding carboxylic acids is 3. The van der Waals surface area contributed by atoms with Crippen LogP contribution in [0.2, 0.25) is 0 Å². The predicted molar refractivity (Wildman–Crippen MR) is 68.7 cm³/mol. The number of carbonyl (C=O) groups is 3. The summed E-state index contributed by atoms with van der Waals surface area (Å²) in [5.74, 6) is -0.589. The molecule has 1 aliphatic heterocycles. The summed E-state index contributed by atoms with van der Waals surface area (Å²) in [5, 5.41) is 2.62. The summed E-state index contributed by atoms with van der Waals surface area (Å²) in [4.78, 5) is 36.9. The second kappa shape index (κ2) is 4.53. The first-order valence-electron chi connectivity index (χ1n) is 6.16. The quantitative estimate of drug-likeness (QED) is 0.649. The molecule has 1 fully saturated rings. The van der Waals surface area contributed by atoms with Gasteiger partial charge in [-0.05, 0) is 19.4 Å². The molecule has 3 amide bonds. The van der Waals surface area contributed by atoms with Gasteiger partial charge in [-0.2, -0.15) is 0 Å². The highest BCUT2D eigenvalue weighted by Gasteiger charge is 2.46. The maximum Gasteiger partial charge on any atom is 0.325 e. The second-order valence-corrected chi connectivity index (χ2v) is 5.00. The molecule has 19 heavy (non-hydrogen) atoms. The van der Waals surface area contributed by atoms with Crippen LogP contribution in [-0.2, 0) is 11.8 Å². The fraction of sp³-hybridized carbons (Fsp3) is 0.462. The van der Waals surface area contributed by atoms with Crippen LogP contribution in [0.1, 0.15) is 30.6 Å². The number of hydrogen-bond donors (Lipinski definition) is 1. The van der Waals surface area contributed by atoms with Crippen molar-refractivity contribution in [3.63, 3.8) is 0 Å². The topological polar surface area (TPSA) is 71.4 Å². The van der Waals surface area contributed by atoms with E-state index in [2.05, 4.69) is 5.32 Å². The van der Waals surface area contributed by atoms with Crippen LogP contribution in [0.3, 0.4) is 0 Å². The van der Waals surface area contributed by atoms with Gasteiger partial charge in [0, 0.05) is 25.0 Å². The molecule has 2 heterocycles. The Morgan fingerprint density at radius 1 is 1.42 bits per heavy atom. The molecule has 1 atom stereocenters. The van der Waals surface area contributed by atoms with E-state index in [4.69, 9.17) is 0 Å². The SMILES string of the molecule is CCC1(C)NC(=O)N(CC(=O)c2ccn(C)c2)C1=O. The standard InChI is InChI=1S/C13H17N3O3/c1-4-13(2)11(18)16(12(19)14-13)8-10(17)9-5-6-15(3)7-9/h5-7H,4,8H2,1-3H3,(H,14,19). The molecule has 1 N–H and O–H groups in total. The Kier molecular flexibility index (Phi) is 3.18. The number of imide groups is 1. The van der Waals surface area contributed by atoms with Gasteiger partial charge in [0.15, 0.2) is 5.78 Å². The van der Waals surface area contributed by atoms with Crippen molar-refractivity contribution in [2.45, 2.75) is 25.8 Å². The van der Waals surface area contributed by atoms with Gasteiger partial charge in [-0.3, -0.25) is 14.5 Å². The first kappa shape index (κ1) is 13.3. The lowest BCUT2D eigenvalue weighted by Gasteiger charge is -2.18. The van der Waals surface area contributed by atoms with Crippen LogP contribution in [0.15, 0.2) is 18.5 Å². The van der Waals surface area contributed by atoms with Crippen molar-refractivity contribution in [1.82, 2.24) is 14.8 Å². The van der Waals surface area contributed by atoms with Crippen LogP contribution in [0.4, 0.5) is 4.79 Å². The Balaban J connectivity index is 2.14. The molecule has 1 aliphatic rings. The Labute approximate surface area is 111 Å². The maximum atomic E-state index is 12.1. The number of ketones is 1. The monoisotopic (exact) mass is 263 g/mol. The first-order chi connectivity index (χ1) is 8.87. The highest BCUT2D eigenvalue weighted by atomic mass is 16.2. The van der Waals surface area contributed by atoms with Gasteiger partial charge in [0.05, 0.1) is 6.54 Å². The Bertz CT molecular complexity index is 549. The predicted octanol–water partition coefficient (Wildman–Crippen LogP) is 0.928. The second-order valence-electron chi connectivity index (χ2n) is 5.00. The molecular weight excluding hydrogens is 246 g/mol. The summed E-state index contributed by atoms with van der Waals surface area (Å²) < 4.78 is 1.75. The van der Waals surface area contributed by atoms with Crippen LogP contribution in [-0.4, -0.2) is 39.3 Å². The number of nitrogens with one attached hydrogen (secondary N) is 1. The highest BCUT2D eigenvalue weighted by Crippen LogP contribution is 2.21. The van der Waals surface area contributed by atoms with Gasteiger partial charge in [0.2, 0.25) is 0 Å². The summed E-state index contributed by atoms with van der Waals surface area (Å²) in [6.07, 6.45) is 3.91. The number of hydrogen-bond acceptors (Lipinski definition) is 3. The molecule has 0 aromatic carbocycles. The molecule has 6 heteroatoms. The third-order valence-electron chi connectivity index (χ3n) is 3.51. The molecule has 2 rings (SSSR count). The van der Waals surface area contributed by atoms with E-state index in [1.165, 1.54) is 0 Å². The minimum absolute atomic E-state index is 0.218. The molecule has 0 bridgehead atoms. The van der Waals surface area contributed by atoms with Crippen molar-refractivity contribution in [3.05, 3.63) is 24.0 Å². The van der Waals surface area contributed by atoms with Crippen LogP contribution >= 0.6 is 0 Å². The van der Waals surface area contributed by atoms with E-state index in [9.17, 15) is 14.4 Å². The summed E-state index contributed by atoms with van der Waals surface area (Å²) in [5.41, 5.74) is -0.401. The van der Waals surface area contributed by atoms with E-state index >= 15 is 0 Å². The van der Waals surface area contributed by atoms with E-state index in [0.29, 0.717) is 12.0 Å². The van der Waals surface area contributed by atoms with Crippen LogP contribution in [0.5, 0.6) is 0 Å². The fourth-order valence-corrected chi connectivity index (χ4v) is 2.03. The lowest BCUT2D eigenvalue weighted by molar-refractivity contribution is -0.130. The lowest BCUT2D eigenvalue weighted by atomic mass is 9.99. The van der Waals surface area contributed by atoms with Crippen molar-refractivity contribution in [2.24, 2.45) is 7.05 Å². The number of rotatable bonds is 4. The number of aryl methyl sites for hydroxylation is 1. The summed E-state index contributed by atoms with van der Waals surface area (Å²) in [7, 11) is 1.80. The summed E-state index contributed by atoms with van der Waals surface area (Å²) in [6, 6.07) is 1.17. The largest absolute Gasteiger partial charge is 0.357 e. The Hall–Kier alpha value is -2.11. The minimum atomic E-state index is -0.895. The first-order valence-corrected chi connectivity index (χ1v) is 6.16. The highest BCUT2D eigenvalue weighted by molar-refractivity contribution is 6.10. The van der Waals surface area contributed by atoms with Crippen LogP contribution in [0.25, 0.3) is 0 Å². The molecule has 0 aliphatic carbocycles. The molecule has 1 unspecified atom stereocenters. The van der Waals surface area contributed by atoms with Crippen molar-refractivity contribution < 1.29 is 14.4 Å². The molecule has 1 aromatic rings. The van der Waals surface area contributed by atoms with Crippen molar-refractivity contribution in [1.29, 1.82) is 0 Å². The Morgan fingerprint density at radius 3 is 2.58 bits per heavy atom. The molecule has 0 spiro atoms. The van der Waals surface area contributed by atoms with E-state index in [1.54, 1.807) is 37.0 Å². The van der Waals surface area contributed by atoms with E-state index < -0.39 is 11.6 Å². The smallest absolute Gasteiger partial charge is 0.325 e. The molecule has 0 radical (unpaired) electrons. The van der Waals surface area contributed by atoms with Gasteiger partial charge in [-0.1, -0.05) is 6.92 Å². The fourth-order valence-electron chi connectivity index (χ4n) is 2.03. The van der Waals surface area contributed by atoms with E-state index in [1.807, 2.05) is 6.92 Å². The van der Waals surface area contributed by atoms with E-state index in [-0.39, 0.29) is 18.2 Å². The number of urea groups is 1. The number of Topliss-reactive ketones (excluding diaryl/α,β-unsaturated/α-hetero) is 1. The molecule has 0 saturated carbocycles. The van der Waals surface area contributed by atoms with Gasteiger partial charge in [0.25, 0.3) is 5.91 Å². The number of amides is 3. The van der Waals surface area contributed by atoms with Gasteiger partial charge < -0.3 is 9.88 Å². The molecule has 102 valence electrons. The molecular formula is C13H17N3O3. The zero-order valence-corrected chi connectivity index (χ0v) is 11.3. The Morgan fingerprint density at radius 2 is 2.11 bits per heavy atom. The zero-order valence-electron chi connectivity index (χ0n) is 11.3. The van der Waals surface area contributed by atoms with E-state index in [0.717, 1.165) is 4.90 Å². The average molecular weight is 263 g/mol. The zero-order chi connectivity index (χ0) is 14.2. The normalized spacial score (nSPS) is 22.8. The molecule has 1 aromatic heterocycles. The number of nitrogens with zero attached hydrogens (tertiary/aromatic N) is 2. The molecule has 1 saturated heterocycles. The maximum absolute atomic E-state index is 12.1. The van der Waals surface area contributed by atoms with Gasteiger partial charge in [-0.15, -0.1) is 0 Å². The third-order valence-corrected chi connectivity index (χ3v) is 3.51. The third kappa shape index (κ3) is 2.25. The lowest BCUT2D eigenvalue weighted by Crippen LogP contribution is -2.43. The van der Waals surface area contributed by atoms with Crippen LogP contribution in [0, 0.1) is 0 Å². The van der Waals surface area contributed by atoms with Crippen molar-refractivity contribution >= 4 is 17.7 Å². The van der Waals surface area contributed by atoms with Gasteiger partial charge >= 0.3 is 6.03 Å². The molecule has 6 nitrogen and oxygen atoms in total. The summed E-state index contributed by atoms with van der Waals surface area (Å²) >= 11 is 0. The van der Waals surface area contributed by atoms with Gasteiger partial charge in [0.1, 0.15) is 5.54 Å². The van der Waals surface area contributed by atoms with Crippen LogP contribution < -0.4 is 5.32 Å². The minimum Gasteiger partial charge on any atom is -0.357 e. The van der Waals surface area contributed by atoms with Crippen molar-refractivity contribution in [2.75, 3.05) is 6.54 Å².